The van der Waals surface area contributed by atoms with E-state index in [0.717, 1.165) is 0 Å². The molecule has 1 radical (unpaired) electrons. The largest absolute Gasteiger partial charge is 4.00 e. The SMILES string of the molecule is CS(C)=O.CS(C)=O.O=C([O-])c1ccc2cccc([O-])c2n1.[O-2].[V+4]. The van der Waals surface area contributed by atoms with E-state index < -0.39 is 27.6 Å². The Morgan fingerprint density at radius 2 is 1.46 bits per heavy atom. The van der Waals surface area contributed by atoms with Crippen LogP contribution in [-0.2, 0) is 45.6 Å². The summed E-state index contributed by atoms with van der Waals surface area (Å²) in [4.78, 5) is 14.2. The van der Waals surface area contributed by atoms with Crippen LogP contribution >= 0.6 is 0 Å². The summed E-state index contributed by atoms with van der Waals surface area (Å²) in [6.07, 6.45) is 6.56. The number of para-hydroxylation sites is 1. The van der Waals surface area contributed by atoms with Gasteiger partial charge in [0, 0.05) is 46.6 Å². The molecule has 0 unspecified atom stereocenters. The topological polar surface area (TPSA) is 139 Å². The van der Waals surface area contributed by atoms with Crippen molar-refractivity contribution in [2.45, 2.75) is 0 Å². The zero-order valence-corrected chi connectivity index (χ0v) is 16.6. The van der Waals surface area contributed by atoms with Gasteiger partial charge < -0.3 is 20.5 Å². The van der Waals surface area contributed by atoms with Crippen LogP contribution in [-0.4, -0.2) is 44.4 Å². The van der Waals surface area contributed by atoms with Gasteiger partial charge in [-0.15, -0.1) is 0 Å². The molecule has 0 N–H and O–H groups in total. The first-order valence-electron chi connectivity index (χ1n) is 5.93. The molecule has 1 aromatic heterocycles. The summed E-state index contributed by atoms with van der Waals surface area (Å²) in [6, 6.07) is 7.49. The zero-order valence-electron chi connectivity index (χ0n) is 13.5. The molecule has 0 atom stereocenters. The summed E-state index contributed by atoms with van der Waals surface area (Å²) in [5.41, 5.74) is -0.0602. The third kappa shape index (κ3) is 12.2. The first kappa shape index (κ1) is 27.6. The minimum Gasteiger partial charge on any atom is -2.00 e. The van der Waals surface area contributed by atoms with Gasteiger partial charge in [-0.25, -0.2) is 4.98 Å². The fraction of sp³-hybridized carbons (Fsp3) is 0.286. The molecule has 0 aliphatic carbocycles. The van der Waals surface area contributed by atoms with Crippen molar-refractivity contribution < 1.29 is 47.5 Å². The van der Waals surface area contributed by atoms with Crippen LogP contribution in [0, 0.1) is 0 Å². The van der Waals surface area contributed by atoms with Crippen molar-refractivity contribution in [1.82, 2.24) is 4.98 Å². The third-order valence-corrected chi connectivity index (χ3v) is 1.89. The number of pyridine rings is 1. The average molecular weight is 410 g/mol. The molecule has 0 aliphatic rings. The van der Waals surface area contributed by atoms with Gasteiger partial charge in [-0.3, -0.25) is 8.42 Å². The second-order valence-corrected chi connectivity index (χ2v) is 7.26. The molecule has 0 saturated carbocycles. The maximum Gasteiger partial charge on any atom is 4.00 e. The normalized spacial score (nSPS) is 8.92. The number of carbonyl (C=O) groups is 1. The van der Waals surface area contributed by atoms with Crippen molar-refractivity contribution in [2.75, 3.05) is 25.0 Å². The number of nitrogens with zero attached hydrogens (tertiary/aromatic N) is 1. The Balaban J connectivity index is -0.000000378. The molecule has 1 aromatic carbocycles. The second-order valence-electron chi connectivity index (χ2n) is 4.29. The van der Waals surface area contributed by atoms with Crippen molar-refractivity contribution in [3.8, 4) is 5.75 Å². The molecule has 7 nitrogen and oxygen atoms in total. The maximum atomic E-state index is 11.3. The van der Waals surface area contributed by atoms with E-state index in [1.54, 1.807) is 37.2 Å². The molecule has 0 amide bonds. The van der Waals surface area contributed by atoms with E-state index in [9.17, 15) is 23.4 Å². The van der Waals surface area contributed by atoms with Crippen LogP contribution in [0.2, 0.25) is 0 Å². The standard InChI is InChI=1S/C10H7NO3.2C2H6OS.O.V/c12-8-3-1-2-6-4-5-7(10(13)14)11-9(6)8;2*1-4(2)3;;/h1-5,12H,(H,13,14);2*1-2H3;;/q;;;-2;+4/p-2. The summed E-state index contributed by atoms with van der Waals surface area (Å²) >= 11 is 0. The number of hydrogen-bond acceptors (Lipinski definition) is 6. The van der Waals surface area contributed by atoms with E-state index in [1.807, 2.05) is 0 Å². The van der Waals surface area contributed by atoms with Crippen LogP contribution in [0.4, 0.5) is 0 Å². The van der Waals surface area contributed by atoms with Crippen LogP contribution in [0.15, 0.2) is 30.3 Å². The van der Waals surface area contributed by atoms with Crippen molar-refractivity contribution in [3.05, 3.63) is 36.0 Å². The Kier molecular flexibility index (Phi) is 16.2. The zero-order chi connectivity index (χ0) is 17.3. The predicted molar refractivity (Wildman–Crippen MR) is 86.2 cm³/mol. The minimum absolute atomic E-state index is 0. The molecule has 0 fully saturated rings. The summed E-state index contributed by atoms with van der Waals surface area (Å²) in [5.74, 6) is -1.67. The third-order valence-electron chi connectivity index (χ3n) is 1.89. The fourth-order valence-corrected chi connectivity index (χ4v) is 1.23. The molecular formula is C14H17NO6S2V. The van der Waals surface area contributed by atoms with Gasteiger partial charge in [0.1, 0.15) is 0 Å². The molecule has 1 heterocycles. The number of rotatable bonds is 1. The molecule has 24 heavy (non-hydrogen) atoms. The Hall–Kier alpha value is -1.26. The van der Waals surface area contributed by atoms with E-state index in [2.05, 4.69) is 4.98 Å². The smallest absolute Gasteiger partial charge is 2.00 e. The number of aromatic nitrogens is 1. The Bertz CT molecular complexity index is 676. The van der Waals surface area contributed by atoms with E-state index in [0.29, 0.717) is 5.39 Å². The van der Waals surface area contributed by atoms with Crippen molar-refractivity contribution in [3.63, 3.8) is 0 Å². The summed E-state index contributed by atoms with van der Waals surface area (Å²) in [5, 5.41) is 22.4. The Labute approximate surface area is 157 Å². The van der Waals surface area contributed by atoms with Crippen LogP contribution in [0.25, 0.3) is 10.9 Å². The average Bonchev–Trinajstić information content (AvgIpc) is 2.37. The molecule has 0 spiro atoms. The van der Waals surface area contributed by atoms with Crippen LogP contribution < -0.4 is 10.2 Å². The molecular weight excluding hydrogens is 393 g/mol. The molecule has 10 heteroatoms. The first-order valence-corrected chi connectivity index (χ1v) is 9.86. The van der Waals surface area contributed by atoms with E-state index in [1.165, 1.54) is 18.2 Å². The van der Waals surface area contributed by atoms with Gasteiger partial charge in [-0.05, 0) is 11.5 Å². The van der Waals surface area contributed by atoms with Gasteiger partial charge in [0.15, 0.2) is 0 Å². The van der Waals surface area contributed by atoms with Gasteiger partial charge in [0.05, 0.1) is 17.2 Å². The van der Waals surface area contributed by atoms with Gasteiger partial charge in [0.25, 0.3) is 0 Å². The number of aromatic carboxylic acids is 1. The molecule has 0 saturated heterocycles. The maximum absolute atomic E-state index is 11.3. The number of hydrogen-bond donors (Lipinski definition) is 0. The van der Waals surface area contributed by atoms with Crippen molar-refractivity contribution >= 4 is 38.5 Å². The number of carbonyl (C=O) groups excluding carboxylic acids is 1. The van der Waals surface area contributed by atoms with E-state index in [-0.39, 0.29) is 41.0 Å². The molecule has 2 aromatic rings. The van der Waals surface area contributed by atoms with Crippen LogP contribution in [0.5, 0.6) is 5.75 Å². The van der Waals surface area contributed by atoms with Gasteiger partial charge in [-0.2, -0.15) is 0 Å². The number of fused-ring (bicyclic) bond motifs is 1. The van der Waals surface area contributed by atoms with Gasteiger partial charge in [-0.1, -0.05) is 30.0 Å². The minimum atomic E-state index is -1.38. The summed E-state index contributed by atoms with van der Waals surface area (Å²) in [7, 11) is -1.22. The van der Waals surface area contributed by atoms with Crippen molar-refractivity contribution in [2.24, 2.45) is 0 Å². The summed E-state index contributed by atoms with van der Waals surface area (Å²) < 4.78 is 19.1. The number of benzene rings is 1. The van der Waals surface area contributed by atoms with Gasteiger partial charge in [0.2, 0.25) is 0 Å². The fourth-order valence-electron chi connectivity index (χ4n) is 1.23. The molecule has 2 rings (SSSR count). The predicted octanol–water partition coefficient (Wildman–Crippen LogP) is -0.460. The molecule has 0 bridgehead atoms. The second kappa shape index (κ2) is 14.1. The molecule has 0 aliphatic heterocycles. The monoisotopic (exact) mass is 410 g/mol. The number of carboxylic acid groups (broad SMARTS) is 1. The Morgan fingerprint density at radius 1 is 1.00 bits per heavy atom. The quantitative estimate of drug-likeness (QED) is 0.623. The van der Waals surface area contributed by atoms with Crippen molar-refractivity contribution in [1.29, 1.82) is 0 Å². The van der Waals surface area contributed by atoms with E-state index >= 15 is 0 Å². The van der Waals surface area contributed by atoms with Crippen LogP contribution in [0.3, 0.4) is 0 Å². The van der Waals surface area contributed by atoms with E-state index in [4.69, 9.17) is 0 Å². The first-order chi connectivity index (χ1) is 10.1. The summed E-state index contributed by atoms with van der Waals surface area (Å²) in [6.45, 7) is 0. The Morgan fingerprint density at radius 3 is 1.88 bits per heavy atom. The molecule has 131 valence electrons. The number of carboxylic acids is 1. The van der Waals surface area contributed by atoms with Crippen LogP contribution in [0.1, 0.15) is 10.5 Å². The van der Waals surface area contributed by atoms with Gasteiger partial charge >= 0.3 is 18.6 Å².